The average Bonchev–Trinajstić information content (AvgIpc) is 3.05. The molecule has 3 aromatic rings. The highest BCUT2D eigenvalue weighted by Crippen LogP contribution is 2.26. The van der Waals surface area contributed by atoms with Gasteiger partial charge in [0.1, 0.15) is 18.2 Å². The zero-order valence-corrected chi connectivity index (χ0v) is 24.7. The molecule has 0 radical (unpaired) electrons. The van der Waals surface area contributed by atoms with Crippen LogP contribution in [0.2, 0.25) is 0 Å². The first-order valence-electron chi connectivity index (χ1n) is 14.6. The van der Waals surface area contributed by atoms with Gasteiger partial charge in [0.2, 0.25) is 0 Å². The van der Waals surface area contributed by atoms with E-state index in [4.69, 9.17) is 19.3 Å². The van der Waals surface area contributed by atoms with Gasteiger partial charge in [-0.05, 0) is 52.8 Å². The molecule has 0 saturated heterocycles. The number of hydrogen-bond acceptors (Lipinski definition) is 7. The summed E-state index contributed by atoms with van der Waals surface area (Å²) in [5, 5.41) is 27.9. The van der Waals surface area contributed by atoms with Crippen molar-refractivity contribution in [2.45, 2.75) is 51.9 Å². The third kappa shape index (κ3) is 10.7. The van der Waals surface area contributed by atoms with E-state index < -0.39 is 30.0 Å². The summed E-state index contributed by atoms with van der Waals surface area (Å²) < 4.78 is 43.9. The number of carbonyl (C=O) groups excluding carboxylic acids is 1. The quantitative estimate of drug-likeness (QED) is 0.248. The van der Waals surface area contributed by atoms with Crippen LogP contribution in [0.5, 0.6) is 0 Å². The maximum Gasteiger partial charge on any atom is 0.335 e. The summed E-state index contributed by atoms with van der Waals surface area (Å²) in [5.74, 6) is -2.79. The van der Waals surface area contributed by atoms with E-state index >= 15 is 0 Å². The second-order valence-corrected chi connectivity index (χ2v) is 10.6. The van der Waals surface area contributed by atoms with E-state index in [-0.39, 0.29) is 32.7 Å². The summed E-state index contributed by atoms with van der Waals surface area (Å²) in [6, 6.07) is 18.5. The minimum atomic E-state index is -1.51. The predicted molar refractivity (Wildman–Crippen MR) is 170 cm³/mol. The molecule has 8 nitrogen and oxygen atoms in total. The number of esters is 1. The van der Waals surface area contributed by atoms with E-state index in [1.54, 1.807) is 24.3 Å². The molecular formula is C36H40F2O8. The van der Waals surface area contributed by atoms with Gasteiger partial charge in [-0.25, -0.2) is 18.4 Å². The highest BCUT2D eigenvalue weighted by atomic mass is 19.1. The molecule has 0 unspecified atom stereocenters. The standard InChI is InChI=1S/C21H21FO4.C14H15FO4.CH4/c22-19-12-16(6-7-18(19)17-8-10-25-11-9-17)13-20(23)21(24)26-14-15-4-2-1-3-5-15;15-12-7-9(8-13(16)14(17)18)1-2-11(12)10-3-5-19-6-4-10;/h1-8,12,20,23H,9-11,13-14H2;1-3,7,13,16H,4-6,8H2,(H,17,18);1H4/t20-;13-;/m00./s1. The first kappa shape index (κ1) is 36.3. The Morgan fingerprint density at radius 1 is 0.739 bits per heavy atom. The van der Waals surface area contributed by atoms with Crippen molar-refractivity contribution in [2.24, 2.45) is 0 Å². The smallest absolute Gasteiger partial charge is 0.335 e. The van der Waals surface area contributed by atoms with Gasteiger partial charge in [0.05, 0.1) is 26.4 Å². The number of carboxylic acid groups (broad SMARTS) is 1. The first-order chi connectivity index (χ1) is 21.7. The number of aliphatic hydroxyl groups excluding tert-OH is 2. The normalized spacial score (nSPS) is 15.6. The second kappa shape index (κ2) is 18.1. The summed E-state index contributed by atoms with van der Waals surface area (Å²) >= 11 is 0. The fraction of sp³-hybridized carbons (Fsp3) is 0.333. The highest BCUT2D eigenvalue weighted by molar-refractivity contribution is 5.75. The number of aliphatic hydroxyl groups is 2. The molecule has 2 aliphatic heterocycles. The summed E-state index contributed by atoms with van der Waals surface area (Å²) in [7, 11) is 0. The second-order valence-electron chi connectivity index (χ2n) is 10.6. The van der Waals surface area contributed by atoms with E-state index in [1.807, 2.05) is 42.5 Å². The van der Waals surface area contributed by atoms with E-state index in [2.05, 4.69) is 0 Å². The minimum Gasteiger partial charge on any atom is -0.479 e. The third-order valence-electron chi connectivity index (χ3n) is 7.32. The van der Waals surface area contributed by atoms with Gasteiger partial charge in [0.15, 0.2) is 12.2 Å². The fourth-order valence-electron chi connectivity index (χ4n) is 4.88. The van der Waals surface area contributed by atoms with Crippen molar-refractivity contribution in [3.8, 4) is 0 Å². The molecule has 0 spiro atoms. The summed E-state index contributed by atoms with van der Waals surface area (Å²) in [5.41, 5.74) is 4.72. The summed E-state index contributed by atoms with van der Waals surface area (Å²) in [4.78, 5) is 22.5. The van der Waals surface area contributed by atoms with Crippen LogP contribution in [0.1, 0.15) is 48.1 Å². The van der Waals surface area contributed by atoms with Gasteiger partial charge >= 0.3 is 11.9 Å². The van der Waals surface area contributed by atoms with E-state index in [9.17, 15) is 28.6 Å². The van der Waals surface area contributed by atoms with E-state index in [0.29, 0.717) is 61.5 Å². The molecule has 2 heterocycles. The Morgan fingerprint density at radius 3 is 1.67 bits per heavy atom. The van der Waals surface area contributed by atoms with Gasteiger partial charge < -0.3 is 29.5 Å². The van der Waals surface area contributed by atoms with Crippen molar-refractivity contribution in [3.63, 3.8) is 0 Å². The summed E-state index contributed by atoms with van der Waals surface area (Å²) in [6.45, 7) is 2.22. The summed E-state index contributed by atoms with van der Waals surface area (Å²) in [6.07, 6.45) is 2.12. The zero-order chi connectivity index (χ0) is 32.2. The van der Waals surface area contributed by atoms with Crippen LogP contribution in [0, 0.1) is 11.6 Å². The van der Waals surface area contributed by atoms with Crippen molar-refractivity contribution < 1.29 is 47.9 Å². The number of carbonyl (C=O) groups is 2. The van der Waals surface area contributed by atoms with Crippen molar-refractivity contribution in [3.05, 3.63) is 118 Å². The number of halogens is 2. The number of benzene rings is 3. The lowest BCUT2D eigenvalue weighted by Gasteiger charge is -2.15. The van der Waals surface area contributed by atoms with Crippen LogP contribution in [0.3, 0.4) is 0 Å². The molecule has 246 valence electrons. The van der Waals surface area contributed by atoms with E-state index in [0.717, 1.165) is 16.7 Å². The molecule has 46 heavy (non-hydrogen) atoms. The van der Waals surface area contributed by atoms with Crippen molar-refractivity contribution in [1.29, 1.82) is 0 Å². The van der Waals surface area contributed by atoms with Gasteiger partial charge in [-0.2, -0.15) is 0 Å². The molecule has 3 aromatic carbocycles. The third-order valence-corrected chi connectivity index (χ3v) is 7.32. The lowest BCUT2D eigenvalue weighted by atomic mass is 9.98. The largest absolute Gasteiger partial charge is 0.479 e. The number of hydrogen-bond donors (Lipinski definition) is 3. The first-order valence-corrected chi connectivity index (χ1v) is 14.6. The zero-order valence-electron chi connectivity index (χ0n) is 24.7. The van der Waals surface area contributed by atoms with Crippen LogP contribution in [0.15, 0.2) is 78.9 Å². The molecule has 10 heteroatoms. The Kier molecular flexibility index (Phi) is 14.2. The fourth-order valence-corrected chi connectivity index (χ4v) is 4.88. The Balaban J connectivity index is 0.000000257. The van der Waals surface area contributed by atoms with Crippen LogP contribution in [-0.4, -0.2) is 65.9 Å². The Labute approximate surface area is 267 Å². The maximum absolute atomic E-state index is 14.4. The molecule has 2 aliphatic rings. The molecule has 0 bridgehead atoms. The van der Waals surface area contributed by atoms with Gasteiger partial charge in [-0.3, -0.25) is 0 Å². The van der Waals surface area contributed by atoms with Gasteiger partial charge in [0.25, 0.3) is 0 Å². The molecule has 0 fully saturated rings. The van der Waals surface area contributed by atoms with Crippen molar-refractivity contribution >= 4 is 23.1 Å². The topological polar surface area (TPSA) is 123 Å². The van der Waals surface area contributed by atoms with Crippen LogP contribution in [0.4, 0.5) is 8.78 Å². The maximum atomic E-state index is 14.4. The number of ether oxygens (including phenoxy) is 3. The van der Waals surface area contributed by atoms with Crippen LogP contribution < -0.4 is 0 Å². The predicted octanol–water partition coefficient (Wildman–Crippen LogP) is 5.53. The van der Waals surface area contributed by atoms with Crippen molar-refractivity contribution in [2.75, 3.05) is 26.4 Å². The number of rotatable bonds is 10. The molecule has 0 aromatic heterocycles. The van der Waals surface area contributed by atoms with Crippen molar-refractivity contribution in [1.82, 2.24) is 0 Å². The molecule has 0 amide bonds. The Bertz CT molecular complexity index is 1520. The van der Waals surface area contributed by atoms with Gasteiger partial charge in [-0.1, -0.05) is 74.2 Å². The molecule has 2 atom stereocenters. The molecule has 0 saturated carbocycles. The van der Waals surface area contributed by atoms with Gasteiger partial charge in [-0.15, -0.1) is 0 Å². The molecule has 5 rings (SSSR count). The van der Waals surface area contributed by atoms with Crippen LogP contribution in [0.25, 0.3) is 11.1 Å². The van der Waals surface area contributed by atoms with Gasteiger partial charge in [0, 0.05) is 24.0 Å². The molecular weight excluding hydrogens is 598 g/mol. The average molecular weight is 639 g/mol. The Hall–Kier alpha value is -4.22. The van der Waals surface area contributed by atoms with E-state index in [1.165, 1.54) is 12.1 Å². The number of aliphatic carboxylic acids is 1. The minimum absolute atomic E-state index is 0. The van der Waals surface area contributed by atoms with Crippen LogP contribution in [-0.2, 0) is 43.2 Å². The molecule has 3 N–H and O–H groups in total. The SMILES string of the molecule is C.O=C(O)[C@@H](O)Cc1ccc(C2=CCOCC2)c(F)c1.O=C(OCc1ccccc1)[C@@H](O)Cc1ccc(C2=CCOCC2)c(F)c1. The molecule has 0 aliphatic carbocycles. The number of carboxylic acids is 1. The Morgan fingerprint density at radius 2 is 1.24 bits per heavy atom. The highest BCUT2D eigenvalue weighted by Gasteiger charge is 2.19. The lowest BCUT2D eigenvalue weighted by molar-refractivity contribution is -0.154. The monoisotopic (exact) mass is 638 g/mol. The lowest BCUT2D eigenvalue weighted by Crippen LogP contribution is -2.25. The van der Waals surface area contributed by atoms with Crippen LogP contribution >= 0.6 is 0 Å².